The number of nitrogens with one attached hydrogen (secondary N) is 1. The van der Waals surface area contributed by atoms with Gasteiger partial charge in [-0.2, -0.15) is 0 Å². The first-order valence-electron chi connectivity index (χ1n) is 4.69. The maximum atomic E-state index is 5.66. The zero-order valence-electron chi connectivity index (χ0n) is 8.89. The summed E-state index contributed by atoms with van der Waals surface area (Å²) in [5, 5.41) is 3.39. The molecule has 0 bridgehead atoms. The number of anilines is 1. The molecule has 0 atom stereocenters. The van der Waals surface area contributed by atoms with E-state index in [-0.39, 0.29) is 5.54 Å². The van der Waals surface area contributed by atoms with Crippen molar-refractivity contribution in [2.45, 2.75) is 26.3 Å². The second-order valence-electron chi connectivity index (χ2n) is 4.20. The fourth-order valence-electron chi connectivity index (χ4n) is 1.14. The number of benzene rings is 1. The summed E-state index contributed by atoms with van der Waals surface area (Å²) in [5.41, 5.74) is 7.92. The van der Waals surface area contributed by atoms with Crippen molar-refractivity contribution in [1.82, 2.24) is 0 Å². The number of hydrogen-bond acceptors (Lipinski definition) is 2. The third-order valence-electron chi connectivity index (χ3n) is 2.11. The summed E-state index contributed by atoms with van der Waals surface area (Å²) >= 11 is 3.53. The molecule has 0 amide bonds. The monoisotopic (exact) mass is 256 g/mol. The van der Waals surface area contributed by atoms with Crippen molar-refractivity contribution in [3.05, 3.63) is 28.2 Å². The lowest BCUT2D eigenvalue weighted by molar-refractivity contribution is 0.580. The van der Waals surface area contributed by atoms with Crippen molar-refractivity contribution in [2.75, 3.05) is 11.9 Å². The highest BCUT2D eigenvalue weighted by atomic mass is 79.9. The second-order valence-corrected chi connectivity index (χ2v) is 5.05. The minimum absolute atomic E-state index is 0.0716. The summed E-state index contributed by atoms with van der Waals surface area (Å²) in [7, 11) is 0. The number of nitrogens with two attached hydrogens (primary N) is 1. The highest BCUT2D eigenvalue weighted by Crippen LogP contribution is 2.25. The molecule has 3 heteroatoms. The van der Waals surface area contributed by atoms with E-state index >= 15 is 0 Å². The average molecular weight is 257 g/mol. The highest BCUT2D eigenvalue weighted by molar-refractivity contribution is 9.10. The fraction of sp³-hybridized carbons (Fsp3) is 0.455. The minimum atomic E-state index is -0.0716. The van der Waals surface area contributed by atoms with Crippen molar-refractivity contribution >= 4 is 21.6 Å². The molecule has 1 aromatic rings. The Balaban J connectivity index is 2.87. The van der Waals surface area contributed by atoms with Gasteiger partial charge in [-0.3, -0.25) is 0 Å². The fourth-order valence-corrected chi connectivity index (χ4v) is 1.73. The van der Waals surface area contributed by atoms with Gasteiger partial charge >= 0.3 is 0 Å². The molecule has 2 nitrogen and oxygen atoms in total. The molecule has 1 aromatic carbocycles. The van der Waals surface area contributed by atoms with Crippen LogP contribution < -0.4 is 11.1 Å². The first kappa shape index (κ1) is 11.5. The molecule has 0 fully saturated rings. The van der Waals surface area contributed by atoms with E-state index in [1.165, 1.54) is 5.56 Å². The lowest BCUT2D eigenvalue weighted by Gasteiger charge is -2.26. The van der Waals surface area contributed by atoms with Crippen molar-refractivity contribution in [3.63, 3.8) is 0 Å². The summed E-state index contributed by atoms with van der Waals surface area (Å²) in [6.07, 6.45) is 0. The molecule has 3 N–H and O–H groups in total. The van der Waals surface area contributed by atoms with E-state index < -0.39 is 0 Å². The quantitative estimate of drug-likeness (QED) is 0.873. The van der Waals surface area contributed by atoms with Crippen LogP contribution in [-0.2, 0) is 0 Å². The largest absolute Gasteiger partial charge is 0.378 e. The molecule has 14 heavy (non-hydrogen) atoms. The standard InChI is InChI=1S/C11H17BrN2/c1-8-4-5-10(9(12)6-8)14-11(2,3)7-13/h4-6,14H,7,13H2,1-3H3. The van der Waals surface area contributed by atoms with Crippen LogP contribution in [0.2, 0.25) is 0 Å². The normalized spacial score (nSPS) is 11.5. The maximum absolute atomic E-state index is 5.66. The lowest BCUT2D eigenvalue weighted by atomic mass is 10.1. The SMILES string of the molecule is Cc1ccc(NC(C)(C)CN)c(Br)c1. The summed E-state index contributed by atoms with van der Waals surface area (Å²) in [6.45, 7) is 6.84. The van der Waals surface area contributed by atoms with Gasteiger partial charge in [0.15, 0.2) is 0 Å². The van der Waals surface area contributed by atoms with Crippen molar-refractivity contribution in [2.24, 2.45) is 5.73 Å². The zero-order chi connectivity index (χ0) is 10.8. The minimum Gasteiger partial charge on any atom is -0.378 e. The Labute approximate surface area is 94.0 Å². The van der Waals surface area contributed by atoms with Crippen LogP contribution >= 0.6 is 15.9 Å². The molecule has 1 rings (SSSR count). The molecule has 0 unspecified atom stereocenters. The van der Waals surface area contributed by atoms with E-state index in [2.05, 4.69) is 60.2 Å². The molecular formula is C11H17BrN2. The van der Waals surface area contributed by atoms with Crippen LogP contribution in [0, 0.1) is 6.92 Å². The van der Waals surface area contributed by atoms with Gasteiger partial charge in [-0.15, -0.1) is 0 Å². The van der Waals surface area contributed by atoms with Crippen LogP contribution in [0.5, 0.6) is 0 Å². The highest BCUT2D eigenvalue weighted by Gasteiger charge is 2.15. The Morgan fingerprint density at radius 2 is 2.07 bits per heavy atom. The topological polar surface area (TPSA) is 38.0 Å². The van der Waals surface area contributed by atoms with E-state index in [0.717, 1.165) is 10.2 Å². The smallest absolute Gasteiger partial charge is 0.0489 e. The summed E-state index contributed by atoms with van der Waals surface area (Å²) in [4.78, 5) is 0. The van der Waals surface area contributed by atoms with Crippen LogP contribution in [-0.4, -0.2) is 12.1 Å². The molecule has 0 radical (unpaired) electrons. The van der Waals surface area contributed by atoms with Gasteiger partial charge in [0, 0.05) is 22.2 Å². The Kier molecular flexibility index (Phi) is 3.56. The molecule has 0 aromatic heterocycles. The average Bonchev–Trinajstić information content (AvgIpc) is 2.10. The Morgan fingerprint density at radius 1 is 1.43 bits per heavy atom. The predicted molar refractivity (Wildman–Crippen MR) is 65.6 cm³/mol. The van der Waals surface area contributed by atoms with Crippen LogP contribution in [0.1, 0.15) is 19.4 Å². The molecule has 0 aliphatic carbocycles. The number of aryl methyl sites for hydroxylation is 1. The molecule has 0 spiro atoms. The van der Waals surface area contributed by atoms with Gasteiger partial charge < -0.3 is 11.1 Å². The summed E-state index contributed by atoms with van der Waals surface area (Å²) < 4.78 is 1.08. The lowest BCUT2D eigenvalue weighted by Crippen LogP contribution is -2.39. The van der Waals surface area contributed by atoms with E-state index in [1.54, 1.807) is 0 Å². The predicted octanol–water partition coefficient (Wildman–Crippen LogP) is 2.91. The molecular weight excluding hydrogens is 240 g/mol. The second kappa shape index (κ2) is 4.32. The number of hydrogen-bond donors (Lipinski definition) is 2. The van der Waals surface area contributed by atoms with Crippen LogP contribution in [0.15, 0.2) is 22.7 Å². The van der Waals surface area contributed by atoms with Gasteiger partial charge in [-0.1, -0.05) is 6.07 Å². The summed E-state index contributed by atoms with van der Waals surface area (Å²) in [6, 6.07) is 6.24. The third-order valence-corrected chi connectivity index (χ3v) is 2.76. The Morgan fingerprint density at radius 3 is 2.57 bits per heavy atom. The van der Waals surface area contributed by atoms with Gasteiger partial charge in [-0.05, 0) is 54.4 Å². The zero-order valence-corrected chi connectivity index (χ0v) is 10.5. The Bertz CT molecular complexity index is 321. The maximum Gasteiger partial charge on any atom is 0.0489 e. The number of halogens is 1. The molecule has 0 saturated carbocycles. The third kappa shape index (κ3) is 3.00. The van der Waals surface area contributed by atoms with Crippen molar-refractivity contribution in [1.29, 1.82) is 0 Å². The van der Waals surface area contributed by atoms with Crippen LogP contribution in [0.4, 0.5) is 5.69 Å². The van der Waals surface area contributed by atoms with E-state index in [0.29, 0.717) is 6.54 Å². The van der Waals surface area contributed by atoms with Crippen molar-refractivity contribution < 1.29 is 0 Å². The Hall–Kier alpha value is -0.540. The molecule has 0 aliphatic rings. The van der Waals surface area contributed by atoms with Gasteiger partial charge in [0.05, 0.1) is 0 Å². The molecule has 78 valence electrons. The summed E-state index contributed by atoms with van der Waals surface area (Å²) in [5.74, 6) is 0. The molecule has 0 aliphatic heterocycles. The van der Waals surface area contributed by atoms with Gasteiger partial charge in [0.1, 0.15) is 0 Å². The van der Waals surface area contributed by atoms with Crippen LogP contribution in [0.25, 0.3) is 0 Å². The van der Waals surface area contributed by atoms with E-state index in [4.69, 9.17) is 5.73 Å². The first-order chi connectivity index (χ1) is 6.44. The van der Waals surface area contributed by atoms with Gasteiger partial charge in [0.2, 0.25) is 0 Å². The first-order valence-corrected chi connectivity index (χ1v) is 5.48. The van der Waals surface area contributed by atoms with Crippen LogP contribution in [0.3, 0.4) is 0 Å². The molecule has 0 saturated heterocycles. The van der Waals surface area contributed by atoms with E-state index in [1.807, 2.05) is 0 Å². The van der Waals surface area contributed by atoms with Gasteiger partial charge in [0.25, 0.3) is 0 Å². The number of rotatable bonds is 3. The molecule has 0 heterocycles. The van der Waals surface area contributed by atoms with Gasteiger partial charge in [-0.25, -0.2) is 0 Å². The van der Waals surface area contributed by atoms with Crippen molar-refractivity contribution in [3.8, 4) is 0 Å². The van der Waals surface area contributed by atoms with E-state index in [9.17, 15) is 0 Å².